The summed E-state index contributed by atoms with van der Waals surface area (Å²) in [6, 6.07) is 31.4. The monoisotopic (exact) mass is 454 g/mol. The van der Waals surface area contributed by atoms with Crippen LogP contribution in [-0.2, 0) is 24.3 Å². The molecule has 0 aliphatic carbocycles. The fourth-order valence-corrected chi connectivity index (χ4v) is 7.49. The average molecular weight is 455 g/mol. The van der Waals surface area contributed by atoms with Crippen LogP contribution in [0.25, 0.3) is 0 Å². The summed E-state index contributed by atoms with van der Waals surface area (Å²) in [5, 5.41) is 0. The van der Waals surface area contributed by atoms with E-state index in [2.05, 4.69) is 91.3 Å². The van der Waals surface area contributed by atoms with Crippen LogP contribution in [0.2, 0.25) is 25.2 Å². The van der Waals surface area contributed by atoms with Crippen molar-refractivity contribution in [2.45, 2.75) is 57.2 Å². The molecule has 1 aliphatic heterocycles. The first-order valence-corrected chi connectivity index (χ1v) is 15.5. The summed E-state index contributed by atoms with van der Waals surface area (Å²) in [5.41, 5.74) is 4.67. The minimum Gasteiger partial charge on any atom is -0.330 e. The number of carbonyl (C=O) groups is 1. The molecule has 4 heteroatoms. The Morgan fingerprint density at radius 3 is 1.82 bits per heavy atom. The molecule has 0 saturated carbocycles. The van der Waals surface area contributed by atoms with Crippen LogP contribution in [0, 0.1) is 0 Å². The van der Waals surface area contributed by atoms with Crippen LogP contribution in [0.4, 0.5) is 0 Å². The molecule has 0 radical (unpaired) electrons. The van der Waals surface area contributed by atoms with Crippen molar-refractivity contribution in [2.75, 3.05) is 0 Å². The van der Waals surface area contributed by atoms with Gasteiger partial charge in [-0.3, -0.25) is 9.79 Å². The Hall–Kier alpha value is -2.98. The van der Waals surface area contributed by atoms with Crippen molar-refractivity contribution in [1.82, 2.24) is 4.90 Å². The van der Waals surface area contributed by atoms with E-state index >= 15 is 0 Å². The molecule has 0 bridgehead atoms. The normalized spacial score (nSPS) is 19.9. The van der Waals surface area contributed by atoms with Crippen LogP contribution in [0.1, 0.15) is 23.1 Å². The van der Waals surface area contributed by atoms with E-state index in [4.69, 9.17) is 4.99 Å². The highest BCUT2D eigenvalue weighted by molar-refractivity contribution is 6.83. The molecular weight excluding hydrogens is 420 g/mol. The maximum atomic E-state index is 13.8. The Balaban J connectivity index is 1.67. The molecule has 2 unspecified atom stereocenters. The Kier molecular flexibility index (Phi) is 7.24. The molecule has 1 fully saturated rings. The van der Waals surface area contributed by atoms with E-state index in [1.165, 1.54) is 11.1 Å². The Morgan fingerprint density at radius 1 is 0.758 bits per heavy atom. The number of aliphatic imine (C=N–C) groups is 1. The number of amides is 1. The molecule has 170 valence electrons. The van der Waals surface area contributed by atoms with Gasteiger partial charge < -0.3 is 4.90 Å². The SMILES string of the molecule is C[Si](C)(C)C1C(=NCc2ccccc2)C(=O)N(Cc2ccccc2)C1CCc1ccccc1. The van der Waals surface area contributed by atoms with Crippen molar-refractivity contribution in [2.24, 2.45) is 4.99 Å². The predicted octanol–water partition coefficient (Wildman–Crippen LogP) is 6.38. The summed E-state index contributed by atoms with van der Waals surface area (Å²) in [7, 11) is -1.72. The summed E-state index contributed by atoms with van der Waals surface area (Å²) in [6.45, 7) is 8.34. The van der Waals surface area contributed by atoms with Gasteiger partial charge in [-0.2, -0.15) is 0 Å². The summed E-state index contributed by atoms with van der Waals surface area (Å²) in [5.74, 6) is 0.125. The number of hydrogen-bond donors (Lipinski definition) is 0. The van der Waals surface area contributed by atoms with Gasteiger partial charge in [-0.25, -0.2) is 0 Å². The van der Waals surface area contributed by atoms with Crippen molar-refractivity contribution in [3.8, 4) is 0 Å². The van der Waals surface area contributed by atoms with Crippen LogP contribution in [0.15, 0.2) is 96.0 Å². The number of aryl methyl sites for hydroxylation is 1. The van der Waals surface area contributed by atoms with E-state index in [-0.39, 0.29) is 17.5 Å². The molecule has 1 amide bonds. The number of nitrogens with zero attached hydrogens (tertiary/aromatic N) is 2. The second-order valence-corrected chi connectivity index (χ2v) is 15.4. The van der Waals surface area contributed by atoms with Gasteiger partial charge in [0.25, 0.3) is 5.91 Å². The van der Waals surface area contributed by atoms with Gasteiger partial charge in [0.2, 0.25) is 0 Å². The fraction of sp³-hybridized carbons (Fsp3) is 0.310. The molecule has 1 heterocycles. The highest BCUT2D eigenvalue weighted by Crippen LogP contribution is 2.40. The molecule has 1 aliphatic rings. The van der Waals surface area contributed by atoms with Crippen molar-refractivity contribution in [3.05, 3.63) is 108 Å². The van der Waals surface area contributed by atoms with Gasteiger partial charge in [0.1, 0.15) is 5.71 Å². The Labute approximate surface area is 199 Å². The van der Waals surface area contributed by atoms with Gasteiger partial charge in [-0.1, -0.05) is 111 Å². The topological polar surface area (TPSA) is 32.7 Å². The number of carbonyl (C=O) groups excluding carboxylic acids is 1. The fourth-order valence-electron chi connectivity index (χ4n) is 4.96. The lowest BCUT2D eigenvalue weighted by atomic mass is 10.0. The Morgan fingerprint density at radius 2 is 1.27 bits per heavy atom. The Bertz CT molecular complexity index is 1070. The first kappa shape index (κ1) is 23.2. The lowest BCUT2D eigenvalue weighted by Gasteiger charge is -2.33. The zero-order chi connectivity index (χ0) is 23.3. The maximum absolute atomic E-state index is 13.8. The highest BCUT2D eigenvalue weighted by atomic mass is 28.3. The van der Waals surface area contributed by atoms with Gasteiger partial charge in [0, 0.05) is 18.1 Å². The predicted molar refractivity (Wildman–Crippen MR) is 140 cm³/mol. The van der Waals surface area contributed by atoms with Gasteiger partial charge in [-0.15, -0.1) is 0 Å². The number of hydrogen-bond acceptors (Lipinski definition) is 2. The summed E-state index contributed by atoms with van der Waals surface area (Å²) in [6.07, 6.45) is 1.93. The standard InChI is InChI=1S/C29H34N2OSi/c1-33(2,3)28-26(20-19-23-13-7-4-8-14-23)31(22-25-17-11-6-12-18-25)29(32)27(28)30-21-24-15-9-5-10-16-24/h4-18,26,28H,19-22H2,1-3H3. The summed E-state index contributed by atoms with van der Waals surface area (Å²) >= 11 is 0. The van der Waals surface area contributed by atoms with Crippen LogP contribution in [0.5, 0.6) is 0 Å². The first-order chi connectivity index (χ1) is 15.9. The third kappa shape index (κ3) is 5.69. The van der Waals surface area contributed by atoms with Crippen LogP contribution >= 0.6 is 0 Å². The van der Waals surface area contributed by atoms with Crippen molar-refractivity contribution in [1.29, 1.82) is 0 Å². The van der Waals surface area contributed by atoms with Gasteiger partial charge in [0.15, 0.2) is 0 Å². The molecule has 4 rings (SSSR count). The molecule has 2 atom stereocenters. The molecule has 0 aromatic heterocycles. The minimum atomic E-state index is -1.72. The molecule has 3 aromatic carbocycles. The van der Waals surface area contributed by atoms with Gasteiger partial charge in [0.05, 0.1) is 14.6 Å². The van der Waals surface area contributed by atoms with Crippen molar-refractivity contribution >= 4 is 19.7 Å². The lowest BCUT2D eigenvalue weighted by molar-refractivity contribution is -0.124. The molecule has 3 aromatic rings. The summed E-state index contributed by atoms with van der Waals surface area (Å²) in [4.78, 5) is 20.9. The minimum absolute atomic E-state index is 0.125. The maximum Gasteiger partial charge on any atom is 0.268 e. The number of likely N-dealkylation sites (tertiary alicyclic amines) is 1. The molecule has 33 heavy (non-hydrogen) atoms. The molecule has 0 N–H and O–H groups in total. The molecule has 0 spiro atoms. The number of rotatable bonds is 8. The smallest absolute Gasteiger partial charge is 0.268 e. The van der Waals surface area contributed by atoms with Crippen molar-refractivity contribution in [3.63, 3.8) is 0 Å². The van der Waals surface area contributed by atoms with E-state index in [0.717, 1.165) is 24.1 Å². The highest BCUT2D eigenvalue weighted by Gasteiger charge is 2.50. The van der Waals surface area contributed by atoms with E-state index in [9.17, 15) is 4.79 Å². The third-order valence-corrected chi connectivity index (χ3v) is 9.06. The lowest BCUT2D eigenvalue weighted by Crippen LogP contribution is -2.41. The van der Waals surface area contributed by atoms with E-state index in [1.807, 2.05) is 24.3 Å². The quantitative estimate of drug-likeness (QED) is 0.364. The second-order valence-electron chi connectivity index (χ2n) is 10.0. The van der Waals surface area contributed by atoms with Gasteiger partial charge >= 0.3 is 0 Å². The average Bonchev–Trinajstić information content (AvgIpc) is 3.09. The van der Waals surface area contributed by atoms with E-state index in [0.29, 0.717) is 13.1 Å². The third-order valence-electron chi connectivity index (χ3n) is 6.53. The zero-order valence-electron chi connectivity index (χ0n) is 19.9. The van der Waals surface area contributed by atoms with Crippen LogP contribution in [-0.4, -0.2) is 30.6 Å². The first-order valence-electron chi connectivity index (χ1n) is 11.9. The van der Waals surface area contributed by atoms with Crippen LogP contribution in [0.3, 0.4) is 0 Å². The van der Waals surface area contributed by atoms with Crippen LogP contribution < -0.4 is 0 Å². The van der Waals surface area contributed by atoms with Gasteiger partial charge in [-0.05, 0) is 29.5 Å². The van der Waals surface area contributed by atoms with E-state index < -0.39 is 8.07 Å². The van der Waals surface area contributed by atoms with E-state index in [1.54, 1.807) is 0 Å². The zero-order valence-corrected chi connectivity index (χ0v) is 20.9. The largest absolute Gasteiger partial charge is 0.330 e. The molecule has 1 saturated heterocycles. The van der Waals surface area contributed by atoms with Crippen molar-refractivity contribution < 1.29 is 4.79 Å². The molecule has 3 nitrogen and oxygen atoms in total. The second kappa shape index (κ2) is 10.3. The summed E-state index contributed by atoms with van der Waals surface area (Å²) < 4.78 is 0. The number of benzene rings is 3. The molecular formula is C29H34N2OSi.